The van der Waals surface area contributed by atoms with Gasteiger partial charge in [0.25, 0.3) is 5.91 Å². The summed E-state index contributed by atoms with van der Waals surface area (Å²) < 4.78 is 11.1. The molecule has 7 nitrogen and oxygen atoms in total. The number of rotatable bonds is 8. The molecule has 2 heterocycles. The number of anilines is 1. The SMILES string of the molecule is CCC(OC(=O)c1c2c(nc3ccccc13)CCN(Cc1ccccc1)C2)C(=O)Nc1cccc(OC)c1. The van der Waals surface area contributed by atoms with Crippen LogP contribution in [0.3, 0.4) is 0 Å². The Morgan fingerprint density at radius 3 is 2.61 bits per heavy atom. The average molecular weight is 510 g/mol. The van der Waals surface area contributed by atoms with Crippen LogP contribution in [0, 0.1) is 0 Å². The molecular formula is C31H31N3O4. The van der Waals surface area contributed by atoms with Gasteiger partial charge >= 0.3 is 5.97 Å². The van der Waals surface area contributed by atoms with E-state index in [4.69, 9.17) is 14.5 Å². The number of carbonyl (C=O) groups is 2. The molecule has 4 aromatic rings. The number of benzene rings is 3. The second-order valence-corrected chi connectivity index (χ2v) is 9.40. The number of nitrogens with zero attached hydrogens (tertiary/aromatic N) is 2. The highest BCUT2D eigenvalue weighted by Gasteiger charge is 2.29. The van der Waals surface area contributed by atoms with Gasteiger partial charge in [0.15, 0.2) is 6.10 Å². The van der Waals surface area contributed by atoms with E-state index < -0.39 is 12.1 Å². The molecule has 0 bridgehead atoms. The van der Waals surface area contributed by atoms with Gasteiger partial charge in [-0.3, -0.25) is 14.7 Å². The highest BCUT2D eigenvalue weighted by atomic mass is 16.5. The van der Waals surface area contributed by atoms with Crippen molar-refractivity contribution in [3.8, 4) is 5.75 Å². The molecular weight excluding hydrogens is 478 g/mol. The number of aromatic nitrogens is 1. The number of pyridine rings is 1. The fourth-order valence-corrected chi connectivity index (χ4v) is 4.89. The van der Waals surface area contributed by atoms with Crippen molar-refractivity contribution in [1.29, 1.82) is 0 Å². The van der Waals surface area contributed by atoms with E-state index in [-0.39, 0.29) is 5.91 Å². The summed E-state index contributed by atoms with van der Waals surface area (Å²) in [6.07, 6.45) is 0.133. The zero-order valence-corrected chi connectivity index (χ0v) is 21.6. The Balaban J connectivity index is 1.42. The monoisotopic (exact) mass is 509 g/mol. The maximum absolute atomic E-state index is 13.8. The number of carbonyl (C=O) groups excluding carboxylic acids is 2. The van der Waals surface area contributed by atoms with E-state index in [1.165, 1.54) is 5.56 Å². The van der Waals surface area contributed by atoms with Gasteiger partial charge in [0, 0.05) is 54.5 Å². The van der Waals surface area contributed by atoms with Gasteiger partial charge < -0.3 is 14.8 Å². The van der Waals surface area contributed by atoms with Gasteiger partial charge in [-0.15, -0.1) is 0 Å². The van der Waals surface area contributed by atoms with Gasteiger partial charge in [0.1, 0.15) is 5.75 Å². The number of amides is 1. The van der Waals surface area contributed by atoms with Crippen molar-refractivity contribution in [2.45, 2.75) is 39.0 Å². The van der Waals surface area contributed by atoms with Gasteiger partial charge in [-0.25, -0.2) is 4.79 Å². The summed E-state index contributed by atoms with van der Waals surface area (Å²) in [4.78, 5) is 34.0. The Hall–Kier alpha value is -4.23. The van der Waals surface area contributed by atoms with Crippen molar-refractivity contribution in [2.24, 2.45) is 0 Å². The Labute approximate surface area is 222 Å². The third-order valence-electron chi connectivity index (χ3n) is 6.83. The lowest BCUT2D eigenvalue weighted by atomic mass is 9.95. The third-order valence-corrected chi connectivity index (χ3v) is 6.83. The number of esters is 1. The van der Waals surface area contributed by atoms with Crippen molar-refractivity contribution in [1.82, 2.24) is 9.88 Å². The van der Waals surface area contributed by atoms with Gasteiger partial charge in [0.2, 0.25) is 0 Å². The molecule has 1 amide bonds. The van der Waals surface area contributed by atoms with E-state index in [0.717, 1.165) is 41.7 Å². The Bertz CT molecular complexity index is 1450. The van der Waals surface area contributed by atoms with Crippen LogP contribution in [0.25, 0.3) is 10.9 Å². The molecule has 5 rings (SSSR count). The summed E-state index contributed by atoms with van der Waals surface area (Å²) in [5, 5.41) is 3.58. The Morgan fingerprint density at radius 2 is 1.82 bits per heavy atom. The molecule has 1 N–H and O–H groups in total. The van der Waals surface area contributed by atoms with Gasteiger partial charge in [0.05, 0.1) is 18.2 Å². The Kier molecular flexibility index (Phi) is 7.65. The van der Waals surface area contributed by atoms with Crippen molar-refractivity contribution in [3.63, 3.8) is 0 Å². The molecule has 1 atom stereocenters. The van der Waals surface area contributed by atoms with E-state index in [0.29, 0.717) is 30.0 Å². The predicted octanol–water partition coefficient (Wildman–Crippen LogP) is 5.38. The van der Waals surface area contributed by atoms with Crippen LogP contribution in [0.2, 0.25) is 0 Å². The van der Waals surface area contributed by atoms with Crippen LogP contribution in [0.4, 0.5) is 5.69 Å². The summed E-state index contributed by atoms with van der Waals surface area (Å²) in [5.74, 6) is -0.260. The van der Waals surface area contributed by atoms with E-state index in [2.05, 4.69) is 22.3 Å². The second kappa shape index (κ2) is 11.4. The number of methoxy groups -OCH3 is 1. The molecule has 1 aromatic heterocycles. The lowest BCUT2D eigenvalue weighted by Gasteiger charge is -2.30. The lowest BCUT2D eigenvalue weighted by molar-refractivity contribution is -0.124. The minimum Gasteiger partial charge on any atom is -0.497 e. The van der Waals surface area contributed by atoms with E-state index in [9.17, 15) is 9.59 Å². The largest absolute Gasteiger partial charge is 0.497 e. The average Bonchev–Trinajstić information content (AvgIpc) is 2.95. The molecule has 1 aliphatic rings. The number of ether oxygens (including phenoxy) is 2. The van der Waals surface area contributed by atoms with Crippen molar-refractivity contribution >= 4 is 28.5 Å². The quantitative estimate of drug-likeness (QED) is 0.322. The molecule has 0 spiro atoms. The number of hydrogen-bond acceptors (Lipinski definition) is 6. The third kappa shape index (κ3) is 5.53. The first-order valence-electron chi connectivity index (χ1n) is 12.9. The fraction of sp³-hybridized carbons (Fsp3) is 0.258. The molecule has 194 valence electrons. The van der Waals surface area contributed by atoms with Crippen LogP contribution in [0.1, 0.15) is 40.5 Å². The summed E-state index contributed by atoms with van der Waals surface area (Å²) in [6, 6.07) is 25.0. The van der Waals surface area contributed by atoms with Crippen LogP contribution >= 0.6 is 0 Å². The molecule has 1 aliphatic heterocycles. The van der Waals surface area contributed by atoms with E-state index in [1.807, 2.05) is 49.4 Å². The van der Waals surface area contributed by atoms with Crippen molar-refractivity contribution < 1.29 is 19.1 Å². The highest BCUT2D eigenvalue weighted by molar-refractivity contribution is 6.06. The first kappa shape index (κ1) is 25.4. The number of fused-ring (bicyclic) bond motifs is 2. The first-order valence-corrected chi connectivity index (χ1v) is 12.9. The molecule has 0 fully saturated rings. The lowest BCUT2D eigenvalue weighted by Crippen LogP contribution is -2.34. The summed E-state index contributed by atoms with van der Waals surface area (Å²) >= 11 is 0. The van der Waals surface area contributed by atoms with Crippen molar-refractivity contribution in [2.75, 3.05) is 19.0 Å². The molecule has 38 heavy (non-hydrogen) atoms. The molecule has 0 saturated heterocycles. The zero-order valence-electron chi connectivity index (χ0n) is 21.6. The summed E-state index contributed by atoms with van der Waals surface area (Å²) in [6.45, 7) is 4.04. The van der Waals surface area contributed by atoms with E-state index in [1.54, 1.807) is 31.4 Å². The summed E-state index contributed by atoms with van der Waals surface area (Å²) in [7, 11) is 1.57. The maximum atomic E-state index is 13.8. The van der Waals surface area contributed by atoms with Gasteiger partial charge in [-0.05, 0) is 30.2 Å². The second-order valence-electron chi connectivity index (χ2n) is 9.40. The number of para-hydroxylation sites is 1. The highest BCUT2D eigenvalue weighted by Crippen LogP contribution is 2.30. The molecule has 1 unspecified atom stereocenters. The van der Waals surface area contributed by atoms with Crippen molar-refractivity contribution in [3.05, 3.63) is 101 Å². The van der Waals surface area contributed by atoms with Crippen LogP contribution < -0.4 is 10.1 Å². The summed E-state index contributed by atoms with van der Waals surface area (Å²) in [5.41, 5.74) is 4.83. The molecule has 3 aromatic carbocycles. The first-order chi connectivity index (χ1) is 18.6. The van der Waals surface area contributed by atoms with Crippen LogP contribution in [-0.2, 0) is 29.0 Å². The standard InChI is InChI=1S/C31H31N3O4/c1-3-28(30(35)32-22-12-9-13-23(18-22)37-2)38-31(36)29-24-14-7-8-15-26(24)33-27-16-17-34(20-25(27)29)19-21-10-5-4-6-11-21/h4-15,18,28H,3,16-17,19-20H2,1-2H3,(H,32,35). The molecule has 7 heteroatoms. The number of hydrogen-bond donors (Lipinski definition) is 1. The smallest absolute Gasteiger partial charge is 0.340 e. The topological polar surface area (TPSA) is 80.8 Å². The molecule has 0 aliphatic carbocycles. The van der Waals surface area contributed by atoms with Gasteiger partial charge in [-0.2, -0.15) is 0 Å². The maximum Gasteiger partial charge on any atom is 0.340 e. The normalized spacial score (nSPS) is 13.9. The minimum absolute atomic E-state index is 0.340. The zero-order chi connectivity index (χ0) is 26.5. The van der Waals surface area contributed by atoms with Gasteiger partial charge in [-0.1, -0.05) is 61.5 Å². The fourth-order valence-electron chi connectivity index (χ4n) is 4.89. The molecule has 0 saturated carbocycles. The Morgan fingerprint density at radius 1 is 1.03 bits per heavy atom. The predicted molar refractivity (Wildman–Crippen MR) is 147 cm³/mol. The number of nitrogens with one attached hydrogen (secondary N) is 1. The minimum atomic E-state index is -0.944. The van der Waals surface area contributed by atoms with Crippen LogP contribution in [0.5, 0.6) is 5.75 Å². The molecule has 0 radical (unpaired) electrons. The van der Waals surface area contributed by atoms with Crippen LogP contribution in [0.15, 0.2) is 78.9 Å². The van der Waals surface area contributed by atoms with E-state index >= 15 is 0 Å². The van der Waals surface area contributed by atoms with Crippen LogP contribution in [-0.4, -0.2) is 41.5 Å².